The minimum Gasteiger partial charge on any atom is -0.363 e. The molecule has 1 aliphatic rings. The lowest BCUT2D eigenvalue weighted by Crippen LogP contribution is -2.11. The molecule has 8 heavy (non-hydrogen) atoms. The Bertz CT molecular complexity index is 116. The summed E-state index contributed by atoms with van der Waals surface area (Å²) in [6.45, 7) is 3.25. The van der Waals surface area contributed by atoms with Crippen LogP contribution in [0.2, 0.25) is 0 Å². The van der Waals surface area contributed by atoms with Crippen molar-refractivity contribution in [3.63, 3.8) is 0 Å². The number of rotatable bonds is 2. The maximum Gasteiger partial charge on any atom is 0.124 e. The smallest absolute Gasteiger partial charge is 0.124 e. The summed E-state index contributed by atoms with van der Waals surface area (Å²) in [4.78, 5) is 4.32. The minimum atomic E-state index is 1.10. The van der Waals surface area contributed by atoms with Gasteiger partial charge in [0, 0.05) is 26.8 Å². The van der Waals surface area contributed by atoms with Crippen LogP contribution in [0.15, 0.2) is 12.0 Å². The number of hydrogen-bond donors (Lipinski definition) is 0. The van der Waals surface area contributed by atoms with E-state index >= 15 is 0 Å². The van der Waals surface area contributed by atoms with Crippen LogP contribution in [-0.4, -0.2) is 30.4 Å². The van der Waals surface area contributed by atoms with Crippen LogP contribution in [0.25, 0.3) is 0 Å². The topological polar surface area (TPSA) is 6.25 Å². The van der Waals surface area contributed by atoms with Crippen molar-refractivity contribution in [2.24, 2.45) is 0 Å². The Labute approximate surface area is 50.4 Å². The molecule has 1 rings (SSSR count). The van der Waals surface area contributed by atoms with Crippen molar-refractivity contribution in [3.8, 4) is 0 Å². The summed E-state index contributed by atoms with van der Waals surface area (Å²) in [5, 5.41) is 0. The predicted molar refractivity (Wildman–Crippen MR) is 34.1 cm³/mol. The van der Waals surface area contributed by atoms with Crippen LogP contribution in [0.3, 0.4) is 0 Å². The summed E-state index contributed by atoms with van der Waals surface area (Å²) in [5.41, 5.74) is 0. The van der Waals surface area contributed by atoms with Crippen LogP contribution in [0, 0.1) is 0 Å². The summed E-state index contributed by atoms with van der Waals surface area (Å²) in [5.74, 6) is 1.34. The lowest BCUT2D eigenvalue weighted by Gasteiger charge is -2.08. The summed E-state index contributed by atoms with van der Waals surface area (Å²) in [6, 6.07) is 0. The first-order valence-electron chi connectivity index (χ1n) is 2.91. The molecule has 0 unspecified atom stereocenters. The standard InChI is InChI=1S/C6H12N2/c1-4-8-5-6(8)7(2)3/h5H,4H2,1-3H3. The molecule has 1 heterocycles. The lowest BCUT2D eigenvalue weighted by molar-refractivity contribution is 0.431. The summed E-state index contributed by atoms with van der Waals surface area (Å²) in [7, 11) is 4.11. The highest BCUT2D eigenvalue weighted by atomic mass is 15.4. The van der Waals surface area contributed by atoms with Gasteiger partial charge in [0.25, 0.3) is 0 Å². The van der Waals surface area contributed by atoms with Crippen LogP contribution in [0.1, 0.15) is 6.92 Å². The van der Waals surface area contributed by atoms with E-state index in [1.54, 1.807) is 0 Å². The van der Waals surface area contributed by atoms with Gasteiger partial charge in [-0.1, -0.05) is 0 Å². The zero-order chi connectivity index (χ0) is 6.15. The normalized spacial score (nSPS) is 15.9. The largest absolute Gasteiger partial charge is 0.363 e. The van der Waals surface area contributed by atoms with Crippen molar-refractivity contribution >= 4 is 0 Å². The molecule has 0 saturated heterocycles. The Morgan fingerprint density at radius 3 is 2.38 bits per heavy atom. The maximum atomic E-state index is 2.21. The van der Waals surface area contributed by atoms with Gasteiger partial charge < -0.3 is 9.80 Å². The third-order valence-electron chi connectivity index (χ3n) is 1.30. The molecule has 0 aromatic rings. The molecule has 2 nitrogen and oxygen atoms in total. The van der Waals surface area contributed by atoms with E-state index in [2.05, 4.69) is 37.0 Å². The number of nitrogens with zero attached hydrogens (tertiary/aromatic N) is 2. The van der Waals surface area contributed by atoms with Gasteiger partial charge in [-0.25, -0.2) is 0 Å². The van der Waals surface area contributed by atoms with Crippen LogP contribution in [0.5, 0.6) is 0 Å². The van der Waals surface area contributed by atoms with Gasteiger partial charge in [-0.2, -0.15) is 0 Å². The fraction of sp³-hybridized carbons (Fsp3) is 0.667. The summed E-state index contributed by atoms with van der Waals surface area (Å²) >= 11 is 0. The Balaban J connectivity index is 2.25. The Kier molecular flexibility index (Phi) is 1.16. The molecule has 0 saturated carbocycles. The highest BCUT2D eigenvalue weighted by Crippen LogP contribution is 2.20. The summed E-state index contributed by atoms with van der Waals surface area (Å²) < 4.78 is 0. The van der Waals surface area contributed by atoms with Crippen molar-refractivity contribution < 1.29 is 0 Å². The first-order chi connectivity index (χ1) is 3.75. The summed E-state index contributed by atoms with van der Waals surface area (Å²) in [6.07, 6.45) is 2.14. The SMILES string of the molecule is CCN1C=C1N(C)C. The van der Waals surface area contributed by atoms with E-state index in [0.717, 1.165) is 6.54 Å². The molecule has 2 heteroatoms. The molecule has 0 atom stereocenters. The first kappa shape index (κ1) is 5.48. The van der Waals surface area contributed by atoms with E-state index in [-0.39, 0.29) is 0 Å². The van der Waals surface area contributed by atoms with Gasteiger partial charge in [-0.05, 0) is 6.92 Å². The quantitative estimate of drug-likeness (QED) is 0.518. The zero-order valence-corrected chi connectivity index (χ0v) is 5.68. The molecule has 0 fully saturated rings. The predicted octanol–water partition coefficient (Wildman–Crippen LogP) is 0.682. The van der Waals surface area contributed by atoms with E-state index in [9.17, 15) is 0 Å². The van der Waals surface area contributed by atoms with Crippen molar-refractivity contribution in [2.75, 3.05) is 20.6 Å². The Morgan fingerprint density at radius 1 is 1.62 bits per heavy atom. The highest BCUT2D eigenvalue weighted by molar-refractivity contribution is 5.15. The van der Waals surface area contributed by atoms with Crippen molar-refractivity contribution in [1.82, 2.24) is 9.80 Å². The third kappa shape index (κ3) is 0.782. The van der Waals surface area contributed by atoms with E-state index < -0.39 is 0 Å². The average Bonchev–Trinajstić information content (AvgIpc) is 2.42. The molecule has 0 aliphatic carbocycles. The highest BCUT2D eigenvalue weighted by Gasteiger charge is 2.19. The second kappa shape index (κ2) is 1.69. The maximum absolute atomic E-state index is 2.21. The van der Waals surface area contributed by atoms with Gasteiger partial charge in [0.2, 0.25) is 0 Å². The molecule has 1 aliphatic heterocycles. The Morgan fingerprint density at radius 2 is 2.25 bits per heavy atom. The molecule has 0 radical (unpaired) electrons. The van der Waals surface area contributed by atoms with E-state index in [1.165, 1.54) is 5.82 Å². The molecule has 0 spiro atoms. The zero-order valence-electron chi connectivity index (χ0n) is 5.68. The molecule has 0 aromatic carbocycles. The fourth-order valence-electron chi connectivity index (χ4n) is 0.736. The molecule has 0 bridgehead atoms. The lowest BCUT2D eigenvalue weighted by atomic mass is 10.7. The van der Waals surface area contributed by atoms with Gasteiger partial charge in [0.1, 0.15) is 5.82 Å². The van der Waals surface area contributed by atoms with Gasteiger partial charge in [-0.3, -0.25) is 0 Å². The van der Waals surface area contributed by atoms with E-state index in [0.29, 0.717) is 0 Å². The van der Waals surface area contributed by atoms with Gasteiger partial charge in [0.05, 0.1) is 0 Å². The van der Waals surface area contributed by atoms with Crippen molar-refractivity contribution in [2.45, 2.75) is 6.92 Å². The first-order valence-corrected chi connectivity index (χ1v) is 2.91. The molecule has 0 N–H and O–H groups in total. The average molecular weight is 112 g/mol. The van der Waals surface area contributed by atoms with E-state index in [1.807, 2.05) is 0 Å². The van der Waals surface area contributed by atoms with Crippen molar-refractivity contribution in [3.05, 3.63) is 12.0 Å². The second-order valence-corrected chi connectivity index (χ2v) is 2.17. The third-order valence-corrected chi connectivity index (χ3v) is 1.30. The molecule has 0 aromatic heterocycles. The van der Waals surface area contributed by atoms with Crippen LogP contribution in [0.4, 0.5) is 0 Å². The van der Waals surface area contributed by atoms with Gasteiger partial charge >= 0.3 is 0 Å². The molecular weight excluding hydrogens is 100 g/mol. The minimum absolute atomic E-state index is 1.10. The van der Waals surface area contributed by atoms with Crippen LogP contribution >= 0.6 is 0 Å². The Hall–Kier alpha value is -0.660. The van der Waals surface area contributed by atoms with Crippen LogP contribution < -0.4 is 0 Å². The molecule has 46 valence electrons. The molecular formula is C6H12N2. The molecule has 0 amide bonds. The van der Waals surface area contributed by atoms with Crippen molar-refractivity contribution in [1.29, 1.82) is 0 Å². The second-order valence-electron chi connectivity index (χ2n) is 2.17. The van der Waals surface area contributed by atoms with E-state index in [4.69, 9.17) is 0 Å². The van der Waals surface area contributed by atoms with Gasteiger partial charge in [0.15, 0.2) is 0 Å². The number of hydrogen-bond acceptors (Lipinski definition) is 2. The van der Waals surface area contributed by atoms with Gasteiger partial charge in [-0.15, -0.1) is 0 Å². The monoisotopic (exact) mass is 112 g/mol. The fourth-order valence-corrected chi connectivity index (χ4v) is 0.736. The van der Waals surface area contributed by atoms with Crippen LogP contribution in [-0.2, 0) is 0 Å².